The van der Waals surface area contributed by atoms with E-state index in [2.05, 4.69) is 33.1 Å². The molecule has 156 valence electrons. The first-order valence-electron chi connectivity index (χ1n) is 10.7. The van der Waals surface area contributed by atoms with Gasteiger partial charge in [-0.1, -0.05) is 20.4 Å². The molecule has 6 atom stereocenters. The Bertz CT molecular complexity index is 888. The molecule has 0 aliphatic carbocycles. The number of ether oxygens (including phenoxy) is 5. The average molecular weight is 398 g/mol. The third kappa shape index (κ3) is 2.83. The van der Waals surface area contributed by atoms with E-state index in [0.717, 1.165) is 47.8 Å². The maximum absolute atomic E-state index is 6.61. The molecule has 5 heteroatoms. The van der Waals surface area contributed by atoms with Gasteiger partial charge in [0.15, 0.2) is 0 Å². The minimum absolute atomic E-state index is 0.298. The molecule has 4 aliphatic rings. The fourth-order valence-corrected chi connectivity index (χ4v) is 5.54. The summed E-state index contributed by atoms with van der Waals surface area (Å²) in [5, 5.41) is 0. The molecule has 4 aliphatic heterocycles. The normalized spacial score (nSPS) is 39.2. The van der Waals surface area contributed by atoms with Crippen molar-refractivity contribution in [1.29, 1.82) is 0 Å². The van der Waals surface area contributed by atoms with Crippen molar-refractivity contribution >= 4 is 0 Å². The molecule has 0 radical (unpaired) electrons. The van der Waals surface area contributed by atoms with Gasteiger partial charge in [-0.3, -0.25) is 0 Å². The van der Waals surface area contributed by atoms with Crippen LogP contribution in [0.25, 0.3) is 0 Å². The maximum Gasteiger partial charge on any atom is 0.211 e. The van der Waals surface area contributed by atoms with Gasteiger partial charge in [0.05, 0.1) is 13.2 Å². The highest BCUT2D eigenvalue weighted by atomic mass is 16.7. The van der Waals surface area contributed by atoms with Crippen LogP contribution >= 0.6 is 0 Å². The first-order chi connectivity index (χ1) is 13.8. The zero-order valence-electron chi connectivity index (χ0n) is 17.7. The van der Waals surface area contributed by atoms with Crippen LogP contribution in [0.15, 0.2) is 24.5 Å². The first kappa shape index (κ1) is 19.0. The molecule has 1 aromatic carbocycles. The van der Waals surface area contributed by atoms with E-state index in [-0.39, 0.29) is 0 Å². The van der Waals surface area contributed by atoms with Crippen molar-refractivity contribution in [1.82, 2.24) is 0 Å². The topological polar surface area (TPSA) is 46.2 Å². The Morgan fingerprint density at radius 2 is 1.69 bits per heavy atom. The van der Waals surface area contributed by atoms with Crippen LogP contribution in [-0.4, -0.2) is 31.4 Å². The lowest BCUT2D eigenvalue weighted by Gasteiger charge is -2.43. The van der Waals surface area contributed by atoms with E-state index in [0.29, 0.717) is 36.9 Å². The Morgan fingerprint density at radius 1 is 1.07 bits per heavy atom. The molecule has 0 saturated carbocycles. The standard InChI is InChI=1S/C24H30O5/c1-6-7-8-25-20-11-21-17(10-18-14(2)12-26-23(18,4)28-21)22-16(20)9-19-15(3)13-27-24(19,5)29-22/h7,11,14-15,18-19H,1,8-10,12-13H2,2-5H3/t14-,15-,18+,19+,23+,24+/m0/s1. The summed E-state index contributed by atoms with van der Waals surface area (Å²) in [6.07, 6.45) is 3.53. The highest BCUT2D eigenvalue weighted by Crippen LogP contribution is 2.55. The Hall–Kier alpha value is -1.94. The Morgan fingerprint density at radius 3 is 2.34 bits per heavy atom. The summed E-state index contributed by atoms with van der Waals surface area (Å²) >= 11 is 0. The summed E-state index contributed by atoms with van der Waals surface area (Å²) < 4.78 is 31.3. The average Bonchev–Trinajstić information content (AvgIpc) is 3.14. The summed E-state index contributed by atoms with van der Waals surface area (Å²) in [5.74, 6) is 2.76. The summed E-state index contributed by atoms with van der Waals surface area (Å²) in [4.78, 5) is 0. The zero-order valence-corrected chi connectivity index (χ0v) is 17.7. The quantitative estimate of drug-likeness (QED) is 0.712. The second-order valence-corrected chi connectivity index (χ2v) is 9.31. The predicted octanol–water partition coefficient (Wildman–Crippen LogP) is 4.27. The second kappa shape index (κ2) is 6.53. The summed E-state index contributed by atoms with van der Waals surface area (Å²) in [6, 6.07) is 2.02. The molecule has 2 fully saturated rings. The molecular weight excluding hydrogens is 368 g/mol. The fraction of sp³-hybridized carbons (Fsp3) is 0.625. The van der Waals surface area contributed by atoms with Gasteiger partial charge >= 0.3 is 0 Å². The van der Waals surface area contributed by atoms with Crippen LogP contribution in [0.1, 0.15) is 38.8 Å². The Labute approximate surface area is 172 Å². The van der Waals surface area contributed by atoms with Crippen molar-refractivity contribution in [3.8, 4) is 17.2 Å². The molecule has 29 heavy (non-hydrogen) atoms. The van der Waals surface area contributed by atoms with Gasteiger partial charge in [0.25, 0.3) is 0 Å². The van der Waals surface area contributed by atoms with E-state index in [1.807, 2.05) is 13.0 Å². The van der Waals surface area contributed by atoms with E-state index in [1.165, 1.54) is 0 Å². The van der Waals surface area contributed by atoms with Crippen LogP contribution in [0, 0.1) is 23.7 Å². The molecule has 0 unspecified atom stereocenters. The molecule has 0 bridgehead atoms. The Kier molecular flexibility index (Phi) is 4.29. The van der Waals surface area contributed by atoms with E-state index in [9.17, 15) is 0 Å². The highest BCUT2D eigenvalue weighted by molar-refractivity contribution is 5.60. The molecule has 4 heterocycles. The number of rotatable bonds is 3. The van der Waals surface area contributed by atoms with Crippen LogP contribution < -0.4 is 14.2 Å². The van der Waals surface area contributed by atoms with Crippen LogP contribution in [0.4, 0.5) is 0 Å². The number of hydrogen-bond acceptors (Lipinski definition) is 5. The van der Waals surface area contributed by atoms with Gasteiger partial charge < -0.3 is 23.7 Å². The van der Waals surface area contributed by atoms with Crippen molar-refractivity contribution in [2.24, 2.45) is 23.7 Å². The van der Waals surface area contributed by atoms with Crippen LogP contribution in [-0.2, 0) is 22.3 Å². The smallest absolute Gasteiger partial charge is 0.211 e. The zero-order chi connectivity index (χ0) is 20.4. The number of fused-ring (bicyclic) bond motifs is 5. The minimum atomic E-state index is -0.599. The van der Waals surface area contributed by atoms with Gasteiger partial charge in [-0.2, -0.15) is 0 Å². The largest absolute Gasteiger partial charge is 0.488 e. The SMILES string of the molecule is C=C=CCOc1cc2c(c3c1C[C@@H]1[C@@H](C)CO[C@]1(C)O3)C[C@@H]1[C@@H](C)CO[C@]1(C)O2. The van der Waals surface area contributed by atoms with Gasteiger partial charge in [-0.25, -0.2) is 0 Å². The van der Waals surface area contributed by atoms with Gasteiger partial charge in [0.2, 0.25) is 11.6 Å². The predicted molar refractivity (Wildman–Crippen MR) is 108 cm³/mol. The van der Waals surface area contributed by atoms with Crippen molar-refractivity contribution < 1.29 is 23.7 Å². The molecule has 5 rings (SSSR count). The third-order valence-electron chi connectivity index (χ3n) is 7.32. The van der Waals surface area contributed by atoms with Crippen molar-refractivity contribution in [3.63, 3.8) is 0 Å². The van der Waals surface area contributed by atoms with Gasteiger partial charge in [0, 0.05) is 42.9 Å². The van der Waals surface area contributed by atoms with Gasteiger partial charge in [0.1, 0.15) is 23.9 Å². The lowest BCUT2D eigenvalue weighted by atomic mass is 9.78. The van der Waals surface area contributed by atoms with E-state index in [1.54, 1.807) is 6.08 Å². The van der Waals surface area contributed by atoms with Crippen molar-refractivity contribution in [3.05, 3.63) is 35.6 Å². The first-order valence-corrected chi connectivity index (χ1v) is 10.7. The minimum Gasteiger partial charge on any atom is -0.488 e. The molecule has 2 saturated heterocycles. The van der Waals surface area contributed by atoms with Crippen LogP contribution in [0.5, 0.6) is 17.2 Å². The lowest BCUT2D eigenvalue weighted by Crippen LogP contribution is -2.46. The molecule has 0 spiro atoms. The molecule has 5 nitrogen and oxygen atoms in total. The molecule has 0 aromatic heterocycles. The van der Waals surface area contributed by atoms with Crippen molar-refractivity contribution in [2.45, 2.75) is 52.1 Å². The summed E-state index contributed by atoms with van der Waals surface area (Å²) in [6.45, 7) is 14.0. The molecular formula is C24H30O5. The van der Waals surface area contributed by atoms with E-state index < -0.39 is 11.6 Å². The fourth-order valence-electron chi connectivity index (χ4n) is 5.54. The van der Waals surface area contributed by atoms with E-state index >= 15 is 0 Å². The molecule has 0 N–H and O–H groups in total. The molecule has 0 amide bonds. The second-order valence-electron chi connectivity index (χ2n) is 9.31. The van der Waals surface area contributed by atoms with Crippen LogP contribution in [0.2, 0.25) is 0 Å². The van der Waals surface area contributed by atoms with E-state index in [4.69, 9.17) is 23.7 Å². The maximum atomic E-state index is 6.61. The third-order valence-corrected chi connectivity index (χ3v) is 7.32. The van der Waals surface area contributed by atoms with Crippen LogP contribution in [0.3, 0.4) is 0 Å². The highest BCUT2D eigenvalue weighted by Gasteiger charge is 2.54. The summed E-state index contributed by atoms with van der Waals surface area (Å²) in [7, 11) is 0. The number of hydrogen-bond donors (Lipinski definition) is 0. The van der Waals surface area contributed by atoms with Gasteiger partial charge in [-0.05, 0) is 30.8 Å². The van der Waals surface area contributed by atoms with Gasteiger partial charge in [-0.15, -0.1) is 5.73 Å². The monoisotopic (exact) mass is 398 g/mol. The molecule has 1 aromatic rings. The lowest BCUT2D eigenvalue weighted by molar-refractivity contribution is -0.174. The van der Waals surface area contributed by atoms with Crippen molar-refractivity contribution in [2.75, 3.05) is 19.8 Å². The summed E-state index contributed by atoms with van der Waals surface area (Å²) in [5.41, 5.74) is 5.01. The number of benzene rings is 1. The Balaban J connectivity index is 1.61.